The largest absolute Gasteiger partial charge is 0.497 e. The summed E-state index contributed by atoms with van der Waals surface area (Å²) in [5, 5.41) is 1.01. The van der Waals surface area contributed by atoms with Gasteiger partial charge in [-0.25, -0.2) is 15.0 Å². The molecule has 0 aliphatic heterocycles. The summed E-state index contributed by atoms with van der Waals surface area (Å²) in [6, 6.07) is 17.7. The van der Waals surface area contributed by atoms with E-state index in [2.05, 4.69) is 9.97 Å². The number of ether oxygens (including phenoxy) is 2. The van der Waals surface area contributed by atoms with Crippen LogP contribution in [0, 0.1) is 6.92 Å². The van der Waals surface area contributed by atoms with Gasteiger partial charge in [0.2, 0.25) is 0 Å². The predicted octanol–water partition coefficient (Wildman–Crippen LogP) is 4.59. The molecule has 0 aliphatic carbocycles. The summed E-state index contributed by atoms with van der Waals surface area (Å²) in [4.78, 5) is 13.5. The van der Waals surface area contributed by atoms with Crippen molar-refractivity contribution in [3.8, 4) is 23.0 Å². The molecule has 0 N–H and O–H groups in total. The normalized spacial score (nSPS) is 10.7. The Morgan fingerprint density at radius 2 is 1.74 bits per heavy atom. The third-order valence-electron chi connectivity index (χ3n) is 4.22. The molecule has 5 heteroatoms. The van der Waals surface area contributed by atoms with Crippen LogP contribution in [0.5, 0.6) is 11.5 Å². The fourth-order valence-electron chi connectivity index (χ4n) is 2.81. The van der Waals surface area contributed by atoms with Gasteiger partial charge in [0.15, 0.2) is 5.82 Å². The van der Waals surface area contributed by atoms with Crippen LogP contribution >= 0.6 is 0 Å². The van der Waals surface area contributed by atoms with Crippen LogP contribution in [0.2, 0.25) is 0 Å². The molecule has 5 nitrogen and oxygen atoms in total. The van der Waals surface area contributed by atoms with E-state index < -0.39 is 0 Å². The van der Waals surface area contributed by atoms with Crippen molar-refractivity contribution in [2.75, 3.05) is 7.11 Å². The smallest absolute Gasteiger partial charge is 0.178 e. The lowest BCUT2D eigenvalue weighted by Gasteiger charge is -2.10. The quantitative estimate of drug-likeness (QED) is 0.523. The van der Waals surface area contributed by atoms with E-state index in [1.54, 1.807) is 19.5 Å². The van der Waals surface area contributed by atoms with E-state index in [-0.39, 0.29) is 0 Å². The van der Waals surface area contributed by atoms with Gasteiger partial charge in [0, 0.05) is 17.8 Å². The third kappa shape index (κ3) is 3.72. The van der Waals surface area contributed by atoms with Crippen LogP contribution in [0.4, 0.5) is 0 Å². The van der Waals surface area contributed by atoms with Crippen LogP contribution in [0.25, 0.3) is 22.4 Å². The fourth-order valence-corrected chi connectivity index (χ4v) is 2.81. The summed E-state index contributed by atoms with van der Waals surface area (Å²) in [5.41, 5.74) is 3.56. The first-order chi connectivity index (χ1) is 13.2. The first kappa shape index (κ1) is 17.0. The number of nitrogens with zero attached hydrogens (tertiary/aromatic N) is 3. The number of hydrogen-bond donors (Lipinski definition) is 0. The van der Waals surface area contributed by atoms with Gasteiger partial charge in [-0.05, 0) is 42.3 Å². The monoisotopic (exact) mass is 357 g/mol. The Kier molecular flexibility index (Phi) is 4.66. The SMILES string of the molecule is COc1cccc(COc2cccc3ccc(-c4ncc(C)cn4)nc23)c1. The zero-order valence-corrected chi connectivity index (χ0v) is 15.2. The zero-order chi connectivity index (χ0) is 18.6. The average Bonchev–Trinajstić information content (AvgIpc) is 2.72. The lowest BCUT2D eigenvalue weighted by atomic mass is 10.2. The van der Waals surface area contributed by atoms with Crippen molar-refractivity contribution >= 4 is 10.9 Å². The summed E-state index contributed by atoms with van der Waals surface area (Å²) in [6.45, 7) is 2.39. The van der Waals surface area contributed by atoms with Gasteiger partial charge >= 0.3 is 0 Å². The number of rotatable bonds is 5. The predicted molar refractivity (Wildman–Crippen MR) is 105 cm³/mol. The molecule has 0 amide bonds. The van der Waals surface area contributed by atoms with Gasteiger partial charge in [-0.15, -0.1) is 0 Å². The van der Waals surface area contributed by atoms with Crippen LogP contribution in [-0.4, -0.2) is 22.1 Å². The first-order valence-electron chi connectivity index (χ1n) is 8.67. The molecule has 0 atom stereocenters. The van der Waals surface area contributed by atoms with E-state index in [1.807, 2.05) is 61.5 Å². The van der Waals surface area contributed by atoms with Crippen molar-refractivity contribution in [3.05, 3.63) is 78.1 Å². The van der Waals surface area contributed by atoms with Gasteiger partial charge in [0.25, 0.3) is 0 Å². The van der Waals surface area contributed by atoms with Gasteiger partial charge in [-0.1, -0.05) is 30.3 Å². The van der Waals surface area contributed by atoms with Gasteiger partial charge in [-0.3, -0.25) is 0 Å². The zero-order valence-electron chi connectivity index (χ0n) is 15.2. The molecule has 0 saturated heterocycles. The molecule has 0 spiro atoms. The number of pyridine rings is 1. The molecule has 0 fully saturated rings. The Balaban J connectivity index is 1.65. The van der Waals surface area contributed by atoms with Crippen LogP contribution in [0.3, 0.4) is 0 Å². The molecule has 134 valence electrons. The van der Waals surface area contributed by atoms with E-state index >= 15 is 0 Å². The molecule has 0 radical (unpaired) electrons. The minimum atomic E-state index is 0.434. The number of benzene rings is 2. The number of methoxy groups -OCH3 is 1. The second kappa shape index (κ2) is 7.41. The number of fused-ring (bicyclic) bond motifs is 1. The summed E-state index contributed by atoms with van der Waals surface area (Å²) >= 11 is 0. The number of para-hydroxylation sites is 1. The molecule has 0 bridgehead atoms. The van der Waals surface area contributed by atoms with E-state index in [0.29, 0.717) is 12.4 Å². The molecule has 2 heterocycles. The maximum Gasteiger partial charge on any atom is 0.178 e. The molecule has 27 heavy (non-hydrogen) atoms. The summed E-state index contributed by atoms with van der Waals surface area (Å²) in [7, 11) is 1.66. The lowest BCUT2D eigenvalue weighted by Crippen LogP contribution is -1.98. The summed E-state index contributed by atoms with van der Waals surface area (Å²) < 4.78 is 11.3. The molecule has 4 aromatic rings. The van der Waals surface area contributed by atoms with Gasteiger partial charge in [0.1, 0.15) is 29.3 Å². The summed E-state index contributed by atoms with van der Waals surface area (Å²) in [5.74, 6) is 2.14. The molecule has 2 aromatic carbocycles. The van der Waals surface area contributed by atoms with E-state index in [1.165, 1.54) is 0 Å². The van der Waals surface area contributed by atoms with Gasteiger partial charge < -0.3 is 9.47 Å². The lowest BCUT2D eigenvalue weighted by molar-refractivity contribution is 0.308. The Morgan fingerprint density at radius 1 is 0.926 bits per heavy atom. The van der Waals surface area contributed by atoms with Crippen LogP contribution in [0.1, 0.15) is 11.1 Å². The maximum absolute atomic E-state index is 6.06. The van der Waals surface area contributed by atoms with Crippen LogP contribution in [0.15, 0.2) is 67.0 Å². The van der Waals surface area contributed by atoms with Gasteiger partial charge in [0.05, 0.1) is 7.11 Å². The van der Waals surface area contributed by atoms with Crippen molar-refractivity contribution < 1.29 is 9.47 Å². The van der Waals surface area contributed by atoms with Crippen LogP contribution < -0.4 is 9.47 Å². The number of aryl methyl sites for hydroxylation is 1. The van der Waals surface area contributed by atoms with Gasteiger partial charge in [-0.2, -0.15) is 0 Å². The molecule has 0 saturated carbocycles. The molecule has 0 aliphatic rings. The second-order valence-corrected chi connectivity index (χ2v) is 6.25. The van der Waals surface area contributed by atoms with E-state index in [9.17, 15) is 0 Å². The second-order valence-electron chi connectivity index (χ2n) is 6.25. The fraction of sp³-hybridized carbons (Fsp3) is 0.136. The standard InChI is InChI=1S/C22H19N3O2/c1-15-12-23-22(24-13-15)19-10-9-17-6-4-8-20(21(17)25-19)27-14-16-5-3-7-18(11-16)26-2/h3-13H,14H2,1-2H3. The van der Waals surface area contributed by atoms with Crippen molar-refractivity contribution in [2.45, 2.75) is 13.5 Å². The highest BCUT2D eigenvalue weighted by Crippen LogP contribution is 2.27. The van der Waals surface area contributed by atoms with Crippen molar-refractivity contribution in [1.82, 2.24) is 15.0 Å². The Hall–Kier alpha value is -3.47. The molecule has 0 unspecified atom stereocenters. The molecular weight excluding hydrogens is 338 g/mol. The van der Waals surface area contributed by atoms with Crippen molar-refractivity contribution in [1.29, 1.82) is 0 Å². The number of hydrogen-bond acceptors (Lipinski definition) is 5. The highest BCUT2D eigenvalue weighted by molar-refractivity contribution is 5.86. The number of aromatic nitrogens is 3. The summed E-state index contributed by atoms with van der Waals surface area (Å²) in [6.07, 6.45) is 3.58. The highest BCUT2D eigenvalue weighted by Gasteiger charge is 2.09. The van der Waals surface area contributed by atoms with Crippen molar-refractivity contribution in [3.63, 3.8) is 0 Å². The van der Waals surface area contributed by atoms with E-state index in [4.69, 9.17) is 14.5 Å². The highest BCUT2D eigenvalue weighted by atomic mass is 16.5. The van der Waals surface area contributed by atoms with Crippen LogP contribution in [-0.2, 0) is 6.61 Å². The first-order valence-corrected chi connectivity index (χ1v) is 8.67. The topological polar surface area (TPSA) is 57.1 Å². The minimum absolute atomic E-state index is 0.434. The third-order valence-corrected chi connectivity index (χ3v) is 4.22. The Bertz CT molecular complexity index is 1080. The Morgan fingerprint density at radius 3 is 2.56 bits per heavy atom. The molecule has 2 aromatic heterocycles. The average molecular weight is 357 g/mol. The van der Waals surface area contributed by atoms with Crippen molar-refractivity contribution in [2.24, 2.45) is 0 Å². The maximum atomic E-state index is 6.06. The molecule has 4 rings (SSSR count). The minimum Gasteiger partial charge on any atom is -0.497 e. The van der Waals surface area contributed by atoms with E-state index in [0.717, 1.165) is 39.2 Å². The Labute approximate surface area is 157 Å². The molecular formula is C22H19N3O2.